The number of esters is 1. The Morgan fingerprint density at radius 3 is 2.17 bits per heavy atom. The molecule has 1 aliphatic heterocycles. The molecular formula is C34H41FN2O8S. The number of aliphatic hydroxyl groups is 3. The number of carbonyl (C=O) groups is 2. The van der Waals surface area contributed by atoms with Gasteiger partial charge in [-0.15, -0.1) is 0 Å². The number of anilines is 1. The van der Waals surface area contributed by atoms with Gasteiger partial charge in [0.25, 0.3) is 0 Å². The predicted octanol–water partition coefficient (Wildman–Crippen LogP) is 3.35. The monoisotopic (exact) mass is 656 g/mol. The molecule has 0 aromatic heterocycles. The van der Waals surface area contributed by atoms with E-state index in [4.69, 9.17) is 4.74 Å². The van der Waals surface area contributed by atoms with Gasteiger partial charge in [-0.25, -0.2) is 17.5 Å². The van der Waals surface area contributed by atoms with Crippen LogP contribution in [0.2, 0.25) is 0 Å². The molecule has 4 N–H and O–H groups in total. The highest BCUT2D eigenvalue weighted by molar-refractivity contribution is 7.88. The van der Waals surface area contributed by atoms with E-state index < -0.39 is 52.6 Å². The maximum atomic E-state index is 13.7. The van der Waals surface area contributed by atoms with E-state index in [1.165, 1.54) is 19.1 Å². The van der Waals surface area contributed by atoms with E-state index in [1.807, 2.05) is 36.4 Å². The van der Waals surface area contributed by atoms with E-state index in [-0.39, 0.29) is 18.4 Å². The van der Waals surface area contributed by atoms with Crippen LogP contribution in [0.25, 0.3) is 0 Å². The summed E-state index contributed by atoms with van der Waals surface area (Å²) in [5, 5.41) is 29.4. The quantitative estimate of drug-likeness (QED) is 0.104. The Kier molecular flexibility index (Phi) is 11.7. The second-order valence-electron chi connectivity index (χ2n) is 11.9. The molecule has 10 nitrogen and oxygen atoms in total. The molecule has 0 radical (unpaired) electrons. The van der Waals surface area contributed by atoms with Crippen LogP contribution in [0.5, 0.6) is 0 Å². The van der Waals surface area contributed by atoms with Crippen LogP contribution in [0.3, 0.4) is 0 Å². The van der Waals surface area contributed by atoms with Crippen molar-refractivity contribution in [1.82, 2.24) is 4.72 Å². The van der Waals surface area contributed by atoms with Gasteiger partial charge in [-0.1, -0.05) is 48.5 Å². The molecule has 1 unspecified atom stereocenters. The number of nitrogens with one attached hydrogen (secondary N) is 1. The number of aliphatic hydroxyl groups excluding tert-OH is 2. The largest absolute Gasteiger partial charge is 0.458 e. The summed E-state index contributed by atoms with van der Waals surface area (Å²) < 4.78 is 44.2. The van der Waals surface area contributed by atoms with Gasteiger partial charge in [0.1, 0.15) is 17.5 Å². The van der Waals surface area contributed by atoms with Crippen LogP contribution in [-0.2, 0) is 37.2 Å². The zero-order valence-electron chi connectivity index (χ0n) is 25.9. The average Bonchev–Trinajstić information content (AvgIpc) is 3.02. The van der Waals surface area contributed by atoms with Crippen molar-refractivity contribution in [3.63, 3.8) is 0 Å². The molecule has 1 heterocycles. The standard InChI is InChI=1S/C34H41FN2O8S/c1-23(40)45-31(26-11-13-28(35)14-12-26)18-17-30-32(27-9-5-25(6-10-27)20-34(42,21-38)22-39)37(33(30)41)29-15-7-24(8-16-29)4-3-19-36-46(2,43)44/h5-16,30-32,36,38-39,42H,3-4,17-22H2,1-2H3/t30?,31-,32+/m0/s1. The minimum Gasteiger partial charge on any atom is -0.458 e. The maximum absolute atomic E-state index is 13.7. The van der Waals surface area contributed by atoms with E-state index in [9.17, 15) is 37.7 Å². The molecule has 0 bridgehead atoms. The first kappa shape index (κ1) is 35.2. The lowest BCUT2D eigenvalue weighted by Gasteiger charge is -2.48. The fourth-order valence-corrected chi connectivity index (χ4v) is 6.26. The summed E-state index contributed by atoms with van der Waals surface area (Å²) in [5.74, 6) is -1.44. The Bertz CT molecular complexity index is 1580. The number of benzene rings is 3. The highest BCUT2D eigenvalue weighted by atomic mass is 32.2. The summed E-state index contributed by atoms with van der Waals surface area (Å²) in [4.78, 5) is 27.3. The second kappa shape index (κ2) is 15.3. The third kappa shape index (κ3) is 9.20. The summed E-state index contributed by atoms with van der Waals surface area (Å²) in [6.07, 6.45) is 2.49. The van der Waals surface area contributed by atoms with Gasteiger partial charge in [-0.05, 0) is 72.2 Å². The van der Waals surface area contributed by atoms with Crippen LogP contribution >= 0.6 is 0 Å². The smallest absolute Gasteiger partial charge is 0.303 e. The summed E-state index contributed by atoms with van der Waals surface area (Å²) in [5.41, 5.74) is 2.20. The Hall–Kier alpha value is -3.68. The molecule has 3 atom stereocenters. The molecule has 0 saturated carbocycles. The summed E-state index contributed by atoms with van der Waals surface area (Å²) >= 11 is 0. The normalized spacial score (nSPS) is 17.4. The van der Waals surface area contributed by atoms with E-state index in [0.29, 0.717) is 49.0 Å². The van der Waals surface area contributed by atoms with Crippen molar-refractivity contribution in [1.29, 1.82) is 0 Å². The summed E-state index contributed by atoms with van der Waals surface area (Å²) in [6.45, 7) is 0.433. The Balaban J connectivity index is 1.55. The first-order valence-corrected chi connectivity index (χ1v) is 17.0. The molecule has 46 heavy (non-hydrogen) atoms. The maximum Gasteiger partial charge on any atom is 0.303 e. The molecule has 248 valence electrons. The molecule has 1 amide bonds. The van der Waals surface area contributed by atoms with Crippen LogP contribution in [0, 0.1) is 11.7 Å². The van der Waals surface area contributed by atoms with Gasteiger partial charge in [-0.2, -0.15) is 0 Å². The highest BCUT2D eigenvalue weighted by Gasteiger charge is 2.48. The first-order valence-electron chi connectivity index (χ1n) is 15.1. The zero-order valence-corrected chi connectivity index (χ0v) is 26.7. The van der Waals surface area contributed by atoms with Crippen LogP contribution < -0.4 is 9.62 Å². The molecule has 0 aliphatic carbocycles. The third-order valence-corrected chi connectivity index (χ3v) is 8.90. The number of nitrogens with zero attached hydrogens (tertiary/aromatic N) is 1. The third-order valence-electron chi connectivity index (χ3n) is 8.17. The number of rotatable bonds is 16. The topological polar surface area (TPSA) is 153 Å². The fraction of sp³-hybridized carbons (Fsp3) is 0.412. The van der Waals surface area contributed by atoms with Crippen LogP contribution in [-0.4, -0.2) is 67.2 Å². The van der Waals surface area contributed by atoms with Crippen molar-refractivity contribution < 1.29 is 42.5 Å². The van der Waals surface area contributed by atoms with Crippen LogP contribution in [0.1, 0.15) is 60.6 Å². The van der Waals surface area contributed by atoms with E-state index in [1.54, 1.807) is 29.2 Å². The van der Waals surface area contributed by atoms with Crippen molar-refractivity contribution in [3.05, 3.63) is 101 Å². The van der Waals surface area contributed by atoms with Crippen molar-refractivity contribution in [2.45, 2.75) is 56.8 Å². The number of β-lactam (4-membered cyclic amide) rings is 1. The Labute approximate surface area is 268 Å². The molecule has 3 aromatic rings. The van der Waals surface area contributed by atoms with Crippen molar-refractivity contribution >= 4 is 27.6 Å². The minimum absolute atomic E-state index is 0.0416. The van der Waals surface area contributed by atoms with Gasteiger partial charge in [0.2, 0.25) is 15.9 Å². The molecule has 1 fully saturated rings. The number of aryl methyl sites for hydroxylation is 1. The SMILES string of the molecule is CC(=O)O[C@@H](CCC1C(=O)N(c2ccc(CCCNS(C)(=O)=O)cc2)[C@@H]1c1ccc(CC(O)(CO)CO)cc1)c1ccc(F)cc1. The number of carbonyl (C=O) groups excluding carboxylic acids is 2. The van der Waals surface area contributed by atoms with Crippen molar-refractivity contribution in [2.75, 3.05) is 30.9 Å². The van der Waals surface area contributed by atoms with Crippen LogP contribution in [0.15, 0.2) is 72.8 Å². The van der Waals surface area contributed by atoms with Crippen molar-refractivity contribution in [3.8, 4) is 0 Å². The van der Waals surface area contributed by atoms with Gasteiger partial charge in [-0.3, -0.25) is 9.59 Å². The molecule has 3 aromatic carbocycles. The van der Waals surface area contributed by atoms with Crippen molar-refractivity contribution in [2.24, 2.45) is 5.92 Å². The number of hydrogen-bond donors (Lipinski definition) is 4. The van der Waals surface area contributed by atoms with Gasteiger partial charge in [0.15, 0.2) is 0 Å². The molecule has 12 heteroatoms. The molecule has 1 saturated heterocycles. The minimum atomic E-state index is -3.25. The first-order chi connectivity index (χ1) is 21.8. The van der Waals surface area contributed by atoms with Gasteiger partial charge < -0.3 is 25.0 Å². The summed E-state index contributed by atoms with van der Waals surface area (Å²) in [6, 6.07) is 20.2. The average molecular weight is 657 g/mol. The number of halogens is 1. The molecular weight excluding hydrogens is 615 g/mol. The Morgan fingerprint density at radius 2 is 1.61 bits per heavy atom. The van der Waals surface area contributed by atoms with E-state index in [2.05, 4.69) is 4.72 Å². The molecule has 1 aliphatic rings. The van der Waals surface area contributed by atoms with Gasteiger partial charge in [0.05, 0.1) is 31.4 Å². The lowest BCUT2D eigenvalue weighted by Crippen LogP contribution is -2.55. The van der Waals surface area contributed by atoms with Crippen LogP contribution in [0.4, 0.5) is 10.1 Å². The molecule has 0 spiro atoms. The highest BCUT2D eigenvalue weighted by Crippen LogP contribution is 2.46. The zero-order chi connectivity index (χ0) is 33.5. The fourth-order valence-electron chi connectivity index (χ4n) is 5.75. The lowest BCUT2D eigenvalue weighted by atomic mass is 9.78. The number of hydrogen-bond acceptors (Lipinski definition) is 8. The number of ether oxygens (including phenoxy) is 1. The predicted molar refractivity (Wildman–Crippen MR) is 171 cm³/mol. The number of amides is 1. The van der Waals surface area contributed by atoms with E-state index in [0.717, 1.165) is 17.4 Å². The lowest BCUT2D eigenvalue weighted by molar-refractivity contribution is -0.147. The Morgan fingerprint density at radius 1 is 1.00 bits per heavy atom. The number of sulfonamides is 1. The van der Waals surface area contributed by atoms with Gasteiger partial charge in [0, 0.05) is 25.6 Å². The molecule has 4 rings (SSSR count). The van der Waals surface area contributed by atoms with E-state index >= 15 is 0 Å². The van der Waals surface area contributed by atoms with Gasteiger partial charge >= 0.3 is 5.97 Å². The summed E-state index contributed by atoms with van der Waals surface area (Å²) in [7, 11) is -3.25. The second-order valence-corrected chi connectivity index (χ2v) is 13.7.